The molecule has 0 saturated carbocycles. The Morgan fingerprint density at radius 3 is 3.05 bits per heavy atom. The van der Waals surface area contributed by atoms with Crippen LogP contribution in [0.5, 0.6) is 0 Å². The molecule has 2 rings (SSSR count). The second-order valence-electron chi connectivity index (χ2n) is 4.41. The molecule has 0 radical (unpaired) electrons. The summed E-state index contributed by atoms with van der Waals surface area (Å²) >= 11 is 3.14. The van der Waals surface area contributed by atoms with Crippen LogP contribution in [0.4, 0.5) is 5.13 Å². The maximum absolute atomic E-state index is 9.07. The summed E-state index contributed by atoms with van der Waals surface area (Å²) in [6, 6.07) is 9.84. The summed E-state index contributed by atoms with van der Waals surface area (Å²) in [5.41, 5.74) is 1.74. The molecule has 0 amide bonds. The molecule has 5 nitrogen and oxygen atoms in total. The lowest BCUT2D eigenvalue weighted by Crippen LogP contribution is -2.05. The third-order valence-electron chi connectivity index (χ3n) is 2.84. The Labute approximate surface area is 138 Å². The van der Waals surface area contributed by atoms with Crippen LogP contribution in [0.3, 0.4) is 0 Å². The molecule has 1 aromatic carbocycles. The van der Waals surface area contributed by atoms with Gasteiger partial charge in [0.15, 0.2) is 4.34 Å². The number of nitrogens with zero attached hydrogens (tertiary/aromatic N) is 3. The molecule has 0 aliphatic carbocycles. The maximum atomic E-state index is 9.07. The van der Waals surface area contributed by atoms with E-state index in [2.05, 4.69) is 21.6 Å². The number of anilines is 1. The van der Waals surface area contributed by atoms with Gasteiger partial charge in [-0.1, -0.05) is 41.3 Å². The Morgan fingerprint density at radius 2 is 2.23 bits per heavy atom. The van der Waals surface area contributed by atoms with Crippen LogP contribution in [0.1, 0.15) is 24.5 Å². The largest absolute Gasteiger partial charge is 0.382 e. The molecule has 0 atom stereocenters. The molecule has 0 aliphatic rings. The summed E-state index contributed by atoms with van der Waals surface area (Å²) in [7, 11) is 0. The van der Waals surface area contributed by atoms with Gasteiger partial charge < -0.3 is 10.1 Å². The molecule has 22 heavy (non-hydrogen) atoms. The monoisotopic (exact) mass is 334 g/mol. The van der Waals surface area contributed by atoms with Crippen LogP contribution in [0.25, 0.3) is 0 Å². The van der Waals surface area contributed by atoms with Crippen molar-refractivity contribution in [3.63, 3.8) is 0 Å². The van der Waals surface area contributed by atoms with E-state index in [9.17, 15) is 0 Å². The van der Waals surface area contributed by atoms with E-state index in [0.717, 1.165) is 47.0 Å². The molecule has 0 fully saturated rings. The van der Waals surface area contributed by atoms with Gasteiger partial charge >= 0.3 is 0 Å². The first-order chi connectivity index (χ1) is 10.8. The maximum Gasteiger partial charge on any atom is 0.206 e. The van der Waals surface area contributed by atoms with E-state index < -0.39 is 0 Å². The number of benzene rings is 1. The van der Waals surface area contributed by atoms with E-state index in [1.54, 1.807) is 11.8 Å². The van der Waals surface area contributed by atoms with Crippen molar-refractivity contribution in [2.45, 2.75) is 23.4 Å². The van der Waals surface area contributed by atoms with Crippen molar-refractivity contribution in [2.24, 2.45) is 0 Å². The first kappa shape index (κ1) is 16.7. The number of hydrogen-bond donors (Lipinski definition) is 1. The van der Waals surface area contributed by atoms with Gasteiger partial charge in [0.25, 0.3) is 0 Å². The number of nitriles is 1. The molecule has 0 unspecified atom stereocenters. The average molecular weight is 334 g/mol. The van der Waals surface area contributed by atoms with Crippen molar-refractivity contribution in [3.05, 3.63) is 35.4 Å². The minimum absolute atomic E-state index is 0.716. The standard InChI is InChI=1S/C15H18N4OS2/c1-2-20-9-5-8-17-14-18-19-15(22-14)21-11-13-7-4-3-6-12(13)10-16/h3-4,6-7H,2,5,8-9,11H2,1H3,(H,17,18). The Morgan fingerprint density at radius 1 is 1.36 bits per heavy atom. The fourth-order valence-electron chi connectivity index (χ4n) is 1.75. The lowest BCUT2D eigenvalue weighted by molar-refractivity contribution is 0.147. The van der Waals surface area contributed by atoms with Crippen molar-refractivity contribution in [2.75, 3.05) is 25.1 Å². The fourth-order valence-corrected chi connectivity index (χ4v) is 3.53. The van der Waals surface area contributed by atoms with E-state index in [4.69, 9.17) is 10.00 Å². The molecule has 1 N–H and O–H groups in total. The third-order valence-corrected chi connectivity index (χ3v) is 4.90. The molecule has 0 bridgehead atoms. The van der Waals surface area contributed by atoms with Gasteiger partial charge in [-0.05, 0) is 25.0 Å². The Kier molecular flexibility index (Phi) is 7.16. The van der Waals surface area contributed by atoms with Gasteiger partial charge in [0.1, 0.15) is 0 Å². The molecule has 0 saturated heterocycles. The molecule has 7 heteroatoms. The van der Waals surface area contributed by atoms with Crippen molar-refractivity contribution in [1.82, 2.24) is 10.2 Å². The highest BCUT2D eigenvalue weighted by Gasteiger charge is 2.07. The number of hydrogen-bond acceptors (Lipinski definition) is 7. The topological polar surface area (TPSA) is 70.8 Å². The number of aromatic nitrogens is 2. The van der Waals surface area contributed by atoms with Crippen LogP contribution in [0.2, 0.25) is 0 Å². The van der Waals surface area contributed by atoms with Gasteiger partial charge in [-0.2, -0.15) is 5.26 Å². The van der Waals surface area contributed by atoms with Crippen molar-refractivity contribution >= 4 is 28.2 Å². The lowest BCUT2D eigenvalue weighted by atomic mass is 10.1. The number of ether oxygens (including phenoxy) is 1. The second kappa shape index (κ2) is 9.41. The zero-order valence-corrected chi connectivity index (χ0v) is 14.0. The zero-order valence-electron chi connectivity index (χ0n) is 12.4. The lowest BCUT2D eigenvalue weighted by Gasteiger charge is -2.02. The number of thioether (sulfide) groups is 1. The highest BCUT2D eigenvalue weighted by molar-refractivity contribution is 8.00. The Hall–Kier alpha value is -1.62. The predicted molar refractivity (Wildman–Crippen MR) is 90.2 cm³/mol. The van der Waals surface area contributed by atoms with Crippen LogP contribution in [0, 0.1) is 11.3 Å². The second-order valence-corrected chi connectivity index (χ2v) is 6.61. The molecule has 2 aromatic rings. The Bertz CT molecular complexity index is 624. The molecule has 0 aliphatic heterocycles. The number of nitrogens with one attached hydrogen (secondary N) is 1. The molecule has 0 spiro atoms. The first-order valence-corrected chi connectivity index (χ1v) is 8.89. The van der Waals surface area contributed by atoms with Crippen molar-refractivity contribution in [1.29, 1.82) is 5.26 Å². The highest BCUT2D eigenvalue weighted by Crippen LogP contribution is 2.29. The summed E-state index contributed by atoms with van der Waals surface area (Å²) < 4.78 is 6.19. The van der Waals surface area contributed by atoms with E-state index in [0.29, 0.717) is 5.56 Å². The van der Waals surface area contributed by atoms with Crippen LogP contribution in [0.15, 0.2) is 28.6 Å². The van der Waals surface area contributed by atoms with Crippen LogP contribution in [-0.2, 0) is 10.5 Å². The van der Waals surface area contributed by atoms with Crippen LogP contribution < -0.4 is 5.32 Å². The van der Waals surface area contributed by atoms with Gasteiger partial charge in [-0.3, -0.25) is 0 Å². The highest BCUT2D eigenvalue weighted by atomic mass is 32.2. The quantitative estimate of drug-likeness (QED) is 0.559. The summed E-state index contributed by atoms with van der Waals surface area (Å²) in [5, 5.41) is 21.4. The van der Waals surface area contributed by atoms with Crippen LogP contribution in [-0.4, -0.2) is 30.0 Å². The third kappa shape index (κ3) is 5.30. The summed E-state index contributed by atoms with van der Waals surface area (Å²) in [6.07, 6.45) is 0.950. The summed E-state index contributed by atoms with van der Waals surface area (Å²) in [6.45, 7) is 4.33. The Balaban J connectivity index is 1.78. The average Bonchev–Trinajstić information content (AvgIpc) is 3.01. The molecular weight excluding hydrogens is 316 g/mol. The van der Waals surface area contributed by atoms with Crippen LogP contribution >= 0.6 is 23.1 Å². The predicted octanol–water partition coefficient (Wildman–Crippen LogP) is 3.54. The molecule has 116 valence electrons. The molecule has 1 heterocycles. The smallest absolute Gasteiger partial charge is 0.206 e. The van der Waals surface area contributed by atoms with Gasteiger partial charge in [0, 0.05) is 25.5 Å². The normalized spacial score (nSPS) is 10.4. The number of rotatable bonds is 9. The minimum atomic E-state index is 0.716. The SMILES string of the molecule is CCOCCCNc1nnc(SCc2ccccc2C#N)s1. The fraction of sp³-hybridized carbons (Fsp3) is 0.400. The van der Waals surface area contributed by atoms with E-state index in [1.165, 1.54) is 11.3 Å². The minimum Gasteiger partial charge on any atom is -0.382 e. The molecular formula is C15H18N4OS2. The summed E-state index contributed by atoms with van der Waals surface area (Å²) in [4.78, 5) is 0. The van der Waals surface area contributed by atoms with E-state index in [1.807, 2.05) is 31.2 Å². The van der Waals surface area contributed by atoms with E-state index >= 15 is 0 Å². The van der Waals surface area contributed by atoms with Gasteiger partial charge in [0.05, 0.1) is 11.6 Å². The van der Waals surface area contributed by atoms with Crippen molar-refractivity contribution in [3.8, 4) is 6.07 Å². The van der Waals surface area contributed by atoms with E-state index in [-0.39, 0.29) is 0 Å². The molecule has 1 aromatic heterocycles. The summed E-state index contributed by atoms with van der Waals surface area (Å²) in [5.74, 6) is 0.725. The van der Waals surface area contributed by atoms with Gasteiger partial charge in [-0.25, -0.2) is 0 Å². The first-order valence-electron chi connectivity index (χ1n) is 7.09. The van der Waals surface area contributed by atoms with Crippen molar-refractivity contribution < 1.29 is 4.74 Å². The zero-order chi connectivity index (χ0) is 15.6. The van der Waals surface area contributed by atoms with Gasteiger partial charge in [0.2, 0.25) is 5.13 Å². The van der Waals surface area contributed by atoms with Gasteiger partial charge in [-0.15, -0.1) is 10.2 Å².